The number of hydrogen-bond acceptors (Lipinski definition) is 2. The first-order valence-corrected chi connectivity index (χ1v) is 5.33. The Hall–Kier alpha value is -1.48. The molecule has 82 valence electrons. The maximum atomic E-state index is 13.3. The van der Waals surface area contributed by atoms with Gasteiger partial charge in [0.25, 0.3) is 0 Å². The quantitative estimate of drug-likeness (QED) is 0.766. The van der Waals surface area contributed by atoms with Gasteiger partial charge in [0.1, 0.15) is 17.3 Å². The Labute approximate surface area is 98.1 Å². The fourth-order valence-electron chi connectivity index (χ4n) is 1.47. The van der Waals surface area contributed by atoms with Gasteiger partial charge < -0.3 is 0 Å². The minimum Gasteiger partial charge on any atom is -0.241 e. The Kier molecular flexibility index (Phi) is 3.47. The molecule has 2 rings (SSSR count). The molecule has 0 unspecified atom stereocenters. The molecule has 1 aromatic heterocycles. The maximum absolute atomic E-state index is 13.3. The van der Waals surface area contributed by atoms with Gasteiger partial charge in [0.05, 0.1) is 0 Å². The summed E-state index contributed by atoms with van der Waals surface area (Å²) in [5.41, 5.74) is 1.51. The number of aromatic nitrogens is 2. The van der Waals surface area contributed by atoms with Crippen LogP contribution in [0.1, 0.15) is 11.3 Å². The molecule has 1 heterocycles. The maximum Gasteiger partial charge on any atom is 0.132 e. The van der Waals surface area contributed by atoms with Crippen LogP contribution < -0.4 is 0 Å². The topological polar surface area (TPSA) is 25.8 Å². The van der Waals surface area contributed by atoms with E-state index in [1.165, 1.54) is 12.4 Å². The van der Waals surface area contributed by atoms with E-state index in [0.29, 0.717) is 23.6 Å². The zero-order valence-electron chi connectivity index (χ0n) is 8.53. The van der Waals surface area contributed by atoms with Crippen LogP contribution in [0, 0.1) is 5.82 Å². The molecule has 0 radical (unpaired) electrons. The molecule has 0 atom stereocenters. The molecule has 1 aromatic carbocycles. The number of aryl methyl sites for hydroxylation is 2. The highest BCUT2D eigenvalue weighted by Gasteiger charge is 2.02. The second-order valence-electron chi connectivity index (χ2n) is 3.42. The van der Waals surface area contributed by atoms with Crippen LogP contribution in [-0.2, 0) is 12.8 Å². The summed E-state index contributed by atoms with van der Waals surface area (Å²) < 4.78 is 13.3. The van der Waals surface area contributed by atoms with Crippen molar-refractivity contribution in [3.8, 4) is 0 Å². The van der Waals surface area contributed by atoms with Gasteiger partial charge in [-0.15, -0.1) is 0 Å². The summed E-state index contributed by atoms with van der Waals surface area (Å²) in [6.07, 6.45) is 2.68. The summed E-state index contributed by atoms with van der Waals surface area (Å²) in [5.74, 6) is -0.178. The van der Waals surface area contributed by atoms with Crippen LogP contribution in [0.3, 0.4) is 0 Å². The van der Waals surface area contributed by atoms with E-state index in [1.54, 1.807) is 18.2 Å². The van der Waals surface area contributed by atoms with Gasteiger partial charge in [-0.05, 0) is 30.5 Å². The summed E-state index contributed by atoms with van der Waals surface area (Å²) in [6.45, 7) is 0. The molecule has 0 aliphatic heterocycles. The summed E-state index contributed by atoms with van der Waals surface area (Å²) >= 11 is 5.73. The van der Waals surface area contributed by atoms with Crippen molar-refractivity contribution in [2.75, 3.05) is 0 Å². The van der Waals surface area contributed by atoms with Gasteiger partial charge in [-0.3, -0.25) is 0 Å². The second-order valence-corrected chi connectivity index (χ2v) is 3.81. The number of nitrogens with zero attached hydrogens (tertiary/aromatic N) is 2. The Balaban J connectivity index is 2.05. The summed E-state index contributed by atoms with van der Waals surface area (Å²) in [5, 5.41) is 0.415. The third kappa shape index (κ3) is 2.76. The van der Waals surface area contributed by atoms with E-state index in [-0.39, 0.29) is 5.82 Å². The fraction of sp³-hybridized carbons (Fsp3) is 0.167. The minimum absolute atomic E-state index is 0.178. The van der Waals surface area contributed by atoms with E-state index in [9.17, 15) is 4.39 Å². The second kappa shape index (κ2) is 5.03. The van der Waals surface area contributed by atoms with Crippen molar-refractivity contribution in [3.05, 3.63) is 58.9 Å². The van der Waals surface area contributed by atoms with Gasteiger partial charge in [0.2, 0.25) is 0 Å². The number of hydrogen-bond donors (Lipinski definition) is 0. The highest BCUT2D eigenvalue weighted by atomic mass is 35.5. The van der Waals surface area contributed by atoms with Crippen molar-refractivity contribution >= 4 is 11.6 Å². The molecule has 0 saturated carbocycles. The van der Waals surface area contributed by atoms with Crippen LogP contribution in [0.2, 0.25) is 5.15 Å². The van der Waals surface area contributed by atoms with Crippen molar-refractivity contribution in [2.45, 2.75) is 12.8 Å². The highest BCUT2D eigenvalue weighted by Crippen LogP contribution is 2.11. The molecular weight excluding hydrogens is 227 g/mol. The standard InChI is InChI=1S/C12H10ClFN2/c13-12-7-10(15-8-16-12)6-5-9-3-1-2-4-11(9)14/h1-4,7-8H,5-6H2. The van der Waals surface area contributed by atoms with Gasteiger partial charge >= 0.3 is 0 Å². The predicted molar refractivity (Wildman–Crippen MR) is 60.9 cm³/mol. The molecule has 4 heteroatoms. The van der Waals surface area contributed by atoms with Crippen molar-refractivity contribution in [2.24, 2.45) is 0 Å². The van der Waals surface area contributed by atoms with Crippen LogP contribution in [0.4, 0.5) is 4.39 Å². The molecule has 0 N–H and O–H groups in total. The predicted octanol–water partition coefficient (Wildman–Crippen LogP) is 3.05. The molecule has 0 amide bonds. The number of halogens is 2. The van der Waals surface area contributed by atoms with Gasteiger partial charge in [0, 0.05) is 5.69 Å². The monoisotopic (exact) mass is 236 g/mol. The molecule has 16 heavy (non-hydrogen) atoms. The molecular formula is C12H10ClFN2. The van der Waals surface area contributed by atoms with Crippen LogP contribution >= 0.6 is 11.6 Å². The van der Waals surface area contributed by atoms with Crippen molar-refractivity contribution in [1.82, 2.24) is 9.97 Å². The molecule has 0 aliphatic carbocycles. The summed E-state index contributed by atoms with van der Waals surface area (Å²) in [6, 6.07) is 8.44. The summed E-state index contributed by atoms with van der Waals surface area (Å²) in [7, 11) is 0. The molecule has 0 spiro atoms. The zero-order valence-corrected chi connectivity index (χ0v) is 9.28. The van der Waals surface area contributed by atoms with E-state index in [0.717, 1.165) is 5.69 Å². The average molecular weight is 237 g/mol. The Morgan fingerprint density at radius 3 is 2.69 bits per heavy atom. The third-order valence-electron chi connectivity index (χ3n) is 2.30. The Morgan fingerprint density at radius 2 is 1.94 bits per heavy atom. The van der Waals surface area contributed by atoms with Gasteiger partial charge in [0.15, 0.2) is 0 Å². The van der Waals surface area contributed by atoms with Gasteiger partial charge in [-0.25, -0.2) is 14.4 Å². The lowest BCUT2D eigenvalue weighted by Crippen LogP contribution is -1.97. The first-order chi connectivity index (χ1) is 7.75. The molecule has 0 fully saturated rings. The van der Waals surface area contributed by atoms with E-state index in [1.807, 2.05) is 6.07 Å². The fourth-order valence-corrected chi connectivity index (χ4v) is 1.64. The van der Waals surface area contributed by atoms with E-state index >= 15 is 0 Å². The SMILES string of the molecule is Fc1ccccc1CCc1cc(Cl)ncn1. The molecule has 0 saturated heterocycles. The van der Waals surface area contributed by atoms with Crippen LogP contribution in [0.15, 0.2) is 36.7 Å². The zero-order chi connectivity index (χ0) is 11.4. The molecule has 0 aliphatic rings. The molecule has 2 aromatic rings. The largest absolute Gasteiger partial charge is 0.241 e. The van der Waals surface area contributed by atoms with Gasteiger partial charge in [-0.2, -0.15) is 0 Å². The lowest BCUT2D eigenvalue weighted by atomic mass is 10.1. The van der Waals surface area contributed by atoms with E-state index in [2.05, 4.69) is 9.97 Å². The number of benzene rings is 1. The van der Waals surface area contributed by atoms with Crippen LogP contribution in [-0.4, -0.2) is 9.97 Å². The van der Waals surface area contributed by atoms with E-state index in [4.69, 9.17) is 11.6 Å². The smallest absolute Gasteiger partial charge is 0.132 e. The van der Waals surface area contributed by atoms with Gasteiger partial charge in [-0.1, -0.05) is 29.8 Å². The average Bonchev–Trinajstić information content (AvgIpc) is 2.28. The normalized spacial score (nSPS) is 10.4. The molecule has 2 nitrogen and oxygen atoms in total. The first kappa shape index (κ1) is 11.0. The lowest BCUT2D eigenvalue weighted by Gasteiger charge is -2.02. The van der Waals surface area contributed by atoms with Crippen LogP contribution in [0.25, 0.3) is 0 Å². The Bertz CT molecular complexity index is 488. The third-order valence-corrected chi connectivity index (χ3v) is 2.51. The Morgan fingerprint density at radius 1 is 1.12 bits per heavy atom. The minimum atomic E-state index is -0.178. The van der Waals surface area contributed by atoms with Crippen molar-refractivity contribution in [3.63, 3.8) is 0 Å². The van der Waals surface area contributed by atoms with Crippen molar-refractivity contribution < 1.29 is 4.39 Å². The van der Waals surface area contributed by atoms with Crippen molar-refractivity contribution in [1.29, 1.82) is 0 Å². The summed E-state index contributed by atoms with van der Waals surface area (Å²) in [4.78, 5) is 7.86. The van der Waals surface area contributed by atoms with Crippen LogP contribution in [0.5, 0.6) is 0 Å². The highest BCUT2D eigenvalue weighted by molar-refractivity contribution is 6.29. The lowest BCUT2D eigenvalue weighted by molar-refractivity contribution is 0.608. The van der Waals surface area contributed by atoms with E-state index < -0.39 is 0 Å². The molecule has 0 bridgehead atoms. The number of rotatable bonds is 3. The first-order valence-electron chi connectivity index (χ1n) is 4.95.